The van der Waals surface area contributed by atoms with Crippen LogP contribution in [0, 0.1) is 23.3 Å². The number of carbonyl (C=O) groups is 3. The van der Waals surface area contributed by atoms with Crippen molar-refractivity contribution in [2.75, 3.05) is 82.7 Å². The highest BCUT2D eigenvalue weighted by molar-refractivity contribution is 9.10. The summed E-state index contributed by atoms with van der Waals surface area (Å²) in [5, 5.41) is 59.1. The first kappa shape index (κ1) is 94.3. The van der Waals surface area contributed by atoms with E-state index in [1.807, 2.05) is 0 Å². The average Bonchev–Trinajstić information content (AvgIpc) is 0.798. The number of hydrogen-bond acceptors (Lipinski definition) is 35. The van der Waals surface area contributed by atoms with Crippen LogP contribution in [0.25, 0.3) is 34.2 Å². The number of aliphatic hydroxyl groups is 2. The molecule has 13 heterocycles. The number of amides is 3. The van der Waals surface area contributed by atoms with Crippen LogP contribution in [0.1, 0.15) is 70.3 Å². The van der Waals surface area contributed by atoms with Crippen molar-refractivity contribution in [1.82, 2.24) is 116 Å². The maximum absolute atomic E-state index is 13.3. The second-order valence-electron chi connectivity index (χ2n) is 24.2. The quantitative estimate of drug-likeness (QED) is 0.0281. The largest absolute Gasteiger partial charge is 0.492 e. The van der Waals surface area contributed by atoms with Crippen LogP contribution in [0.15, 0.2) is 158 Å². The summed E-state index contributed by atoms with van der Waals surface area (Å²) in [5.41, 5.74) is 18.2. The summed E-state index contributed by atoms with van der Waals surface area (Å²) >= 11 is 25.5. The van der Waals surface area contributed by atoms with Crippen LogP contribution >= 0.6 is 62.3 Å². The van der Waals surface area contributed by atoms with Crippen LogP contribution < -0.4 is 68.0 Å². The van der Waals surface area contributed by atoms with E-state index in [-0.39, 0.29) is 95.6 Å². The molecule has 0 aliphatic carbocycles. The Morgan fingerprint density at radius 3 is 1.16 bits per heavy atom. The summed E-state index contributed by atoms with van der Waals surface area (Å²) in [4.78, 5) is 90.2. The number of methoxy groups -OCH3 is 4. The number of aromatic nitrogens is 20. The van der Waals surface area contributed by atoms with Gasteiger partial charge >= 0.3 is 0 Å². The summed E-state index contributed by atoms with van der Waals surface area (Å²) in [6.07, 6.45) is 17.6. The van der Waals surface area contributed by atoms with Gasteiger partial charge in [0.2, 0.25) is 5.28 Å². The molecule has 13 aromatic rings. The fourth-order valence-electron chi connectivity index (χ4n) is 9.17. The van der Waals surface area contributed by atoms with Gasteiger partial charge in [0.1, 0.15) is 11.6 Å². The van der Waals surface area contributed by atoms with E-state index in [2.05, 4.69) is 148 Å². The summed E-state index contributed by atoms with van der Waals surface area (Å²) < 4.78 is 72.8. The first-order valence-corrected chi connectivity index (χ1v) is 36.5. The van der Waals surface area contributed by atoms with Crippen LogP contribution in [-0.4, -0.2) is 178 Å². The number of halogens is 9. The molecule has 0 fully saturated rings. The number of nitrogens with one attached hydrogen (secondary N) is 6. The van der Waals surface area contributed by atoms with Gasteiger partial charge in [-0.2, -0.15) is 0 Å². The molecule has 630 valence electrons. The zero-order valence-electron chi connectivity index (χ0n) is 65.3. The SMILES string of the molecule is CC(C)(O)c1ccc(N)nc1.CNC(=O)c1nnc(Cl)cc1Cl.CNC(=O)c1nnc(Cl)cc1Nc1nccc(-c2ncc(F)cn2)c1OC.CNC(=O)c1nnc(Nc2ccc(C(C)(C)O)cn2)cc1Nc1nccc(-c2ncc(F)cn2)c1OC.COc1c(-c2ncc(F)cn2)ccnc1N.COc1c(Br)ccnc1N.Fc1cnc(Cl)nc1. The van der Waals surface area contributed by atoms with E-state index in [0.717, 1.165) is 59.6 Å². The van der Waals surface area contributed by atoms with Crippen LogP contribution in [0.2, 0.25) is 20.6 Å². The van der Waals surface area contributed by atoms with Crippen LogP contribution in [-0.2, 0) is 11.2 Å². The van der Waals surface area contributed by atoms with Gasteiger partial charge in [0, 0.05) is 81.6 Å². The molecule has 0 aliphatic rings. The lowest BCUT2D eigenvalue weighted by molar-refractivity contribution is 0.0777. The highest BCUT2D eigenvalue weighted by Crippen LogP contribution is 2.38. The molecule has 0 unspecified atom stereocenters. The maximum Gasteiger partial charge on any atom is 0.273 e. The van der Waals surface area contributed by atoms with Crippen molar-refractivity contribution in [3.63, 3.8) is 0 Å². The van der Waals surface area contributed by atoms with Gasteiger partial charge in [0.15, 0.2) is 120 Å². The summed E-state index contributed by atoms with van der Waals surface area (Å²) in [6.45, 7) is 6.75. The third-order valence-electron chi connectivity index (χ3n) is 14.9. The van der Waals surface area contributed by atoms with Gasteiger partial charge < -0.3 is 78.3 Å². The molecule has 0 saturated carbocycles. The number of nitrogens with two attached hydrogens (primary N) is 3. The molecule has 0 aliphatic heterocycles. The number of nitrogens with zero attached hydrogens (tertiary/aromatic N) is 20. The van der Waals surface area contributed by atoms with E-state index < -0.39 is 46.3 Å². The van der Waals surface area contributed by atoms with E-state index in [4.69, 9.17) is 82.6 Å². The number of hydrogen-bond donors (Lipinski definition) is 11. The van der Waals surface area contributed by atoms with Gasteiger partial charge in [-0.25, -0.2) is 87.3 Å². The third-order valence-corrected chi connectivity index (χ3v) is 16.4. The van der Waals surface area contributed by atoms with Crippen molar-refractivity contribution in [1.29, 1.82) is 0 Å². The smallest absolute Gasteiger partial charge is 0.273 e. The molecular weight excluding hydrogens is 1740 g/mol. The number of nitrogen functional groups attached to an aromatic ring is 3. The number of carbonyl (C=O) groups excluding carboxylic acids is 3. The Balaban J connectivity index is 0.000000209. The Morgan fingerprint density at radius 1 is 0.405 bits per heavy atom. The highest BCUT2D eigenvalue weighted by Gasteiger charge is 2.24. The Morgan fingerprint density at radius 2 is 0.777 bits per heavy atom. The lowest BCUT2D eigenvalue weighted by Crippen LogP contribution is -2.21. The Bertz CT molecular complexity index is 5590. The lowest BCUT2D eigenvalue weighted by Gasteiger charge is -2.17. The molecule has 0 saturated heterocycles. The van der Waals surface area contributed by atoms with E-state index in [1.54, 1.807) is 108 Å². The lowest BCUT2D eigenvalue weighted by atomic mass is 10.0. The zero-order chi connectivity index (χ0) is 88.7. The molecule has 14 N–H and O–H groups in total. The topological polar surface area (TPSA) is 537 Å². The summed E-state index contributed by atoms with van der Waals surface area (Å²) in [6, 6.07) is 17.9. The minimum Gasteiger partial charge on any atom is -0.492 e. The molecule has 3 amide bonds. The molecule has 0 atom stereocenters. The summed E-state index contributed by atoms with van der Waals surface area (Å²) in [7, 11) is 10.3. The highest BCUT2D eigenvalue weighted by atomic mass is 79.9. The van der Waals surface area contributed by atoms with Crippen molar-refractivity contribution >= 4 is 132 Å². The second kappa shape index (κ2) is 45.2. The normalized spacial score (nSPS) is 10.4. The van der Waals surface area contributed by atoms with Gasteiger partial charge in [0.05, 0.1) is 127 Å². The monoisotopic (exact) mass is 1810 g/mol. The van der Waals surface area contributed by atoms with Gasteiger partial charge in [-0.05, 0) is 97.7 Å². The minimum absolute atomic E-state index is 0.00526. The number of pyridine rings is 6. The fraction of sp³-hybridized carbons (Fsp3) is 0.176. The van der Waals surface area contributed by atoms with E-state index in [0.29, 0.717) is 62.8 Å². The standard InChI is InChI=1S/C24H24FN9O3.C16H13ClFN7O2.C10H9FN4O.C8H12N2O.C6H7BrN2O.C6H5Cl2N3O.C4H2ClFN2/c1-24(2,36)13-5-6-17(28-10-13)32-18-9-16(19(34-33-18)23(35)26-3)31-22-20(37-4)15(7-8-27-22)21-29-11-14(25)12-30-21;1-19-16(26)12-10(5-11(17)24-25-12)23-15-13(27-2)9(3-4-20-15)14-21-6-8(18)7-22-14;1-16-8-7(2-3-13-9(8)12)10-14-4-6(11)5-15-10;1-8(2,11)6-3-4-7(9)10-5-6;1-10-5-4(7)2-3-9-6(5)8;1-9-6(12)5-3(7)2-4(8)10-11-5;5-4-7-1-3(6)2-8-4/h5-12,36H,1-4H3,(H,26,35)(H2,27,28,31,32,33);3-7H,1-2H3,(H,19,26)(H,20,23,24);2-5H,1H3,(H2,12,13);3-5,11H,1-2H3,(H2,9,10);2-3H,1H3,(H2,8,9);2H,1H3,(H,9,12);1-2H. The minimum atomic E-state index is -1.03. The second-order valence-corrected chi connectivity index (χ2v) is 26.6. The first-order valence-electron chi connectivity index (χ1n) is 34.2. The van der Waals surface area contributed by atoms with Gasteiger partial charge in [-0.3, -0.25) is 14.4 Å². The molecule has 0 radical (unpaired) electrons. The van der Waals surface area contributed by atoms with Crippen molar-refractivity contribution in [3.8, 4) is 57.2 Å². The van der Waals surface area contributed by atoms with E-state index in [9.17, 15) is 42.2 Å². The van der Waals surface area contributed by atoms with E-state index in [1.165, 1.54) is 73.2 Å². The van der Waals surface area contributed by atoms with Gasteiger partial charge in [-0.1, -0.05) is 46.9 Å². The molecular formula is C74H72BrCl4F4N29O9. The number of ether oxygens (including phenoxy) is 4. The zero-order valence-corrected chi connectivity index (χ0v) is 69.9. The Kier molecular flexibility index (Phi) is 35.2. The third kappa shape index (κ3) is 27.9. The summed E-state index contributed by atoms with van der Waals surface area (Å²) in [5.74, 6) is 1.27. The van der Waals surface area contributed by atoms with Crippen LogP contribution in [0.4, 0.5) is 69.7 Å². The molecule has 13 aromatic heterocycles. The van der Waals surface area contributed by atoms with Crippen molar-refractivity contribution in [2.24, 2.45) is 0 Å². The number of anilines is 9. The number of rotatable bonds is 18. The van der Waals surface area contributed by atoms with Crippen molar-refractivity contribution in [2.45, 2.75) is 38.9 Å². The average molecular weight is 1810 g/mol. The molecule has 38 nitrogen and oxygen atoms in total. The fourth-order valence-corrected chi connectivity index (χ4v) is 10.3. The predicted molar refractivity (Wildman–Crippen MR) is 444 cm³/mol. The first-order chi connectivity index (χ1) is 57.6. The van der Waals surface area contributed by atoms with E-state index >= 15 is 0 Å². The Labute approximate surface area is 714 Å². The molecule has 0 aromatic carbocycles. The molecule has 47 heteroatoms. The predicted octanol–water partition coefficient (Wildman–Crippen LogP) is 11.2. The Hall–Kier alpha value is -13.9. The van der Waals surface area contributed by atoms with Gasteiger partial charge in [0.25, 0.3) is 17.7 Å². The molecule has 121 heavy (non-hydrogen) atoms. The van der Waals surface area contributed by atoms with Crippen LogP contribution in [0.3, 0.4) is 0 Å². The molecule has 0 bridgehead atoms. The van der Waals surface area contributed by atoms with Crippen molar-refractivity contribution < 1.29 is 61.1 Å². The van der Waals surface area contributed by atoms with Crippen molar-refractivity contribution in [3.05, 3.63) is 230 Å². The molecule has 0 spiro atoms. The molecule has 13 rings (SSSR count). The van der Waals surface area contributed by atoms with Crippen LogP contribution in [0.5, 0.6) is 23.0 Å². The maximum atomic E-state index is 13.3. The van der Waals surface area contributed by atoms with Gasteiger partial charge in [-0.15, -0.1) is 30.6 Å².